The number of anilines is 1. The lowest BCUT2D eigenvalue weighted by Crippen LogP contribution is -2.49. The summed E-state index contributed by atoms with van der Waals surface area (Å²) in [7, 11) is 0. The minimum atomic E-state index is -0.0368. The van der Waals surface area contributed by atoms with Gasteiger partial charge in [-0.3, -0.25) is 9.36 Å². The van der Waals surface area contributed by atoms with Crippen LogP contribution in [0.3, 0.4) is 0 Å². The van der Waals surface area contributed by atoms with Crippen molar-refractivity contribution in [3.63, 3.8) is 0 Å². The van der Waals surface area contributed by atoms with Gasteiger partial charge in [0.2, 0.25) is 0 Å². The third-order valence-electron chi connectivity index (χ3n) is 4.45. The Morgan fingerprint density at radius 1 is 0.926 bits per heavy atom. The predicted octanol–water partition coefficient (Wildman–Crippen LogP) is 0.891. The molecular formula is C18H16N8O. The standard InChI is InChI=1S/C18H16N8O/c19-9-14-1-3-16(20-10-14)24-5-7-25(8-6-24)18(27)15-2-4-17(21-11-15)26-12-22-23-13-26/h1-4,10-13H,5-8H2. The number of carbonyl (C=O) groups excluding carboxylic acids is 1. The van der Waals surface area contributed by atoms with Crippen LogP contribution in [0.4, 0.5) is 5.82 Å². The number of rotatable bonds is 3. The van der Waals surface area contributed by atoms with E-state index in [-0.39, 0.29) is 5.91 Å². The summed E-state index contributed by atoms with van der Waals surface area (Å²) in [5.74, 6) is 1.44. The van der Waals surface area contributed by atoms with Gasteiger partial charge in [0.05, 0.1) is 11.1 Å². The highest BCUT2D eigenvalue weighted by atomic mass is 16.2. The number of aromatic nitrogens is 5. The van der Waals surface area contributed by atoms with E-state index in [0.29, 0.717) is 43.1 Å². The summed E-state index contributed by atoms with van der Waals surface area (Å²) < 4.78 is 1.68. The van der Waals surface area contributed by atoms with Crippen molar-refractivity contribution < 1.29 is 4.79 Å². The Balaban J connectivity index is 1.39. The molecule has 9 heteroatoms. The van der Waals surface area contributed by atoms with Gasteiger partial charge >= 0.3 is 0 Å². The van der Waals surface area contributed by atoms with Crippen LogP contribution >= 0.6 is 0 Å². The van der Waals surface area contributed by atoms with E-state index in [2.05, 4.69) is 31.1 Å². The lowest BCUT2D eigenvalue weighted by atomic mass is 10.2. The molecule has 0 atom stereocenters. The lowest BCUT2D eigenvalue weighted by molar-refractivity contribution is 0.0746. The molecule has 4 rings (SSSR count). The van der Waals surface area contributed by atoms with Crippen LogP contribution in [0.2, 0.25) is 0 Å². The van der Waals surface area contributed by atoms with Crippen molar-refractivity contribution in [3.05, 3.63) is 60.4 Å². The van der Waals surface area contributed by atoms with E-state index in [4.69, 9.17) is 5.26 Å². The Kier molecular flexibility index (Phi) is 4.45. The van der Waals surface area contributed by atoms with Crippen LogP contribution < -0.4 is 4.90 Å². The van der Waals surface area contributed by atoms with Gasteiger partial charge in [-0.1, -0.05) is 0 Å². The summed E-state index contributed by atoms with van der Waals surface area (Å²) in [4.78, 5) is 25.3. The third kappa shape index (κ3) is 3.46. The zero-order valence-corrected chi connectivity index (χ0v) is 14.4. The number of hydrogen-bond donors (Lipinski definition) is 0. The molecule has 4 heterocycles. The maximum atomic E-state index is 12.7. The van der Waals surface area contributed by atoms with E-state index in [1.807, 2.05) is 11.0 Å². The first-order valence-electron chi connectivity index (χ1n) is 8.46. The van der Waals surface area contributed by atoms with Crippen molar-refractivity contribution in [1.29, 1.82) is 5.26 Å². The van der Waals surface area contributed by atoms with Crippen LogP contribution in [0.15, 0.2) is 49.3 Å². The van der Waals surface area contributed by atoms with Gasteiger partial charge < -0.3 is 9.80 Å². The fraction of sp³-hybridized carbons (Fsp3) is 0.222. The van der Waals surface area contributed by atoms with E-state index >= 15 is 0 Å². The van der Waals surface area contributed by atoms with E-state index in [0.717, 1.165) is 5.82 Å². The normalized spacial score (nSPS) is 14.0. The number of nitriles is 1. The minimum absolute atomic E-state index is 0.0368. The first kappa shape index (κ1) is 16.7. The lowest BCUT2D eigenvalue weighted by Gasteiger charge is -2.35. The number of hydrogen-bond acceptors (Lipinski definition) is 7. The van der Waals surface area contributed by atoms with Gasteiger partial charge in [-0.25, -0.2) is 9.97 Å². The average molecular weight is 360 g/mol. The third-order valence-corrected chi connectivity index (χ3v) is 4.45. The van der Waals surface area contributed by atoms with Crippen LogP contribution in [-0.4, -0.2) is 61.7 Å². The van der Waals surface area contributed by atoms with Gasteiger partial charge in [0.1, 0.15) is 30.4 Å². The smallest absolute Gasteiger partial charge is 0.255 e. The Morgan fingerprint density at radius 3 is 2.22 bits per heavy atom. The first-order chi connectivity index (χ1) is 13.2. The van der Waals surface area contributed by atoms with E-state index in [9.17, 15) is 4.79 Å². The quantitative estimate of drug-likeness (QED) is 0.683. The highest BCUT2D eigenvalue weighted by molar-refractivity contribution is 5.94. The minimum Gasteiger partial charge on any atom is -0.353 e. The molecule has 0 radical (unpaired) electrons. The SMILES string of the molecule is N#Cc1ccc(N2CCN(C(=O)c3ccc(-n4cnnc4)nc3)CC2)nc1. The topological polar surface area (TPSA) is 104 Å². The molecule has 1 fully saturated rings. The maximum absolute atomic E-state index is 12.7. The molecule has 0 unspecified atom stereocenters. The molecule has 1 amide bonds. The Labute approximate surface area is 155 Å². The van der Waals surface area contributed by atoms with Crippen LogP contribution in [0.25, 0.3) is 5.82 Å². The van der Waals surface area contributed by atoms with Crippen LogP contribution in [0, 0.1) is 11.3 Å². The molecule has 1 saturated heterocycles. The van der Waals surface area contributed by atoms with Crippen LogP contribution in [0.5, 0.6) is 0 Å². The summed E-state index contributed by atoms with van der Waals surface area (Å²) in [6.07, 6.45) is 6.25. The van der Waals surface area contributed by atoms with Gasteiger partial charge in [0, 0.05) is 38.6 Å². The van der Waals surface area contributed by atoms with Crippen molar-refractivity contribution in [3.8, 4) is 11.9 Å². The van der Waals surface area contributed by atoms with Crippen molar-refractivity contribution >= 4 is 11.7 Å². The number of amides is 1. The molecule has 134 valence electrons. The second kappa shape index (κ2) is 7.21. The van der Waals surface area contributed by atoms with Gasteiger partial charge in [-0.05, 0) is 24.3 Å². The highest BCUT2D eigenvalue weighted by Crippen LogP contribution is 2.16. The summed E-state index contributed by atoms with van der Waals surface area (Å²) in [6.45, 7) is 2.59. The average Bonchev–Trinajstić information content (AvgIpc) is 3.28. The molecule has 0 spiro atoms. The number of piperazine rings is 1. The zero-order valence-electron chi connectivity index (χ0n) is 14.4. The van der Waals surface area contributed by atoms with Crippen molar-refractivity contribution in [2.24, 2.45) is 0 Å². The van der Waals surface area contributed by atoms with Gasteiger partial charge in [-0.2, -0.15) is 5.26 Å². The fourth-order valence-electron chi connectivity index (χ4n) is 2.94. The summed E-state index contributed by atoms with van der Waals surface area (Å²) in [5, 5.41) is 16.3. The van der Waals surface area contributed by atoms with Gasteiger partial charge in [0.25, 0.3) is 5.91 Å². The van der Waals surface area contributed by atoms with E-state index in [1.165, 1.54) is 0 Å². The van der Waals surface area contributed by atoms with Gasteiger partial charge in [0.15, 0.2) is 0 Å². The Hall–Kier alpha value is -3.80. The molecule has 1 aliphatic rings. The van der Waals surface area contributed by atoms with Crippen molar-refractivity contribution in [2.45, 2.75) is 0 Å². The molecule has 0 saturated carbocycles. The molecule has 0 aliphatic carbocycles. The highest BCUT2D eigenvalue weighted by Gasteiger charge is 2.23. The summed E-state index contributed by atoms with van der Waals surface area (Å²) in [6, 6.07) is 9.19. The van der Waals surface area contributed by atoms with Crippen molar-refractivity contribution in [2.75, 3.05) is 31.1 Å². The van der Waals surface area contributed by atoms with E-state index < -0.39 is 0 Å². The first-order valence-corrected chi connectivity index (χ1v) is 8.46. The van der Waals surface area contributed by atoms with E-state index in [1.54, 1.807) is 47.8 Å². The largest absolute Gasteiger partial charge is 0.353 e. The summed E-state index contributed by atoms with van der Waals surface area (Å²) in [5.41, 5.74) is 1.09. The molecule has 3 aromatic rings. The molecule has 1 aliphatic heterocycles. The molecule has 0 aromatic carbocycles. The second-order valence-corrected chi connectivity index (χ2v) is 6.07. The molecule has 0 bridgehead atoms. The molecule has 3 aromatic heterocycles. The van der Waals surface area contributed by atoms with Crippen molar-refractivity contribution in [1.82, 2.24) is 29.6 Å². The predicted molar refractivity (Wildman–Crippen MR) is 96.2 cm³/mol. The zero-order chi connectivity index (χ0) is 18.6. The monoisotopic (exact) mass is 360 g/mol. The molecule has 27 heavy (non-hydrogen) atoms. The second-order valence-electron chi connectivity index (χ2n) is 6.07. The molecule has 9 nitrogen and oxygen atoms in total. The molecular weight excluding hydrogens is 344 g/mol. The summed E-state index contributed by atoms with van der Waals surface area (Å²) >= 11 is 0. The molecule has 0 N–H and O–H groups in total. The number of nitrogens with zero attached hydrogens (tertiary/aromatic N) is 8. The Bertz CT molecular complexity index is 952. The van der Waals surface area contributed by atoms with Gasteiger partial charge in [-0.15, -0.1) is 10.2 Å². The number of carbonyl (C=O) groups is 1. The van der Waals surface area contributed by atoms with Crippen LogP contribution in [0.1, 0.15) is 15.9 Å². The number of pyridine rings is 2. The fourth-order valence-corrected chi connectivity index (χ4v) is 2.94. The maximum Gasteiger partial charge on any atom is 0.255 e. The Morgan fingerprint density at radius 2 is 1.63 bits per heavy atom. The van der Waals surface area contributed by atoms with Crippen LogP contribution in [-0.2, 0) is 0 Å².